The highest BCUT2D eigenvalue weighted by Crippen LogP contribution is 2.39. The van der Waals surface area contributed by atoms with Crippen LogP contribution in [-0.2, 0) is 15.8 Å². The number of nitrogens with zero attached hydrogens (tertiary/aromatic N) is 1. The van der Waals surface area contributed by atoms with E-state index >= 15 is 0 Å². The molecule has 1 aromatic carbocycles. The minimum atomic E-state index is -1.96. The van der Waals surface area contributed by atoms with Crippen LogP contribution in [0.25, 0.3) is 0 Å². The Hall–Kier alpha value is -1.17. The summed E-state index contributed by atoms with van der Waals surface area (Å²) in [5, 5.41) is 9.80. The van der Waals surface area contributed by atoms with Crippen LogP contribution in [0.4, 0.5) is 0 Å². The van der Waals surface area contributed by atoms with Gasteiger partial charge in [-0.3, -0.25) is 9.69 Å². The van der Waals surface area contributed by atoms with E-state index in [4.69, 9.17) is 4.43 Å². The summed E-state index contributed by atoms with van der Waals surface area (Å²) >= 11 is 0. The SMILES string of the molecule is CC(C)(C)[Si](C)(C)O[C@H]1CCN(Cc2ccccc2)C[C@@H]1C(=O)O. The summed E-state index contributed by atoms with van der Waals surface area (Å²) in [7, 11) is -1.96. The Morgan fingerprint density at radius 3 is 2.46 bits per heavy atom. The Balaban J connectivity index is 2.05. The minimum Gasteiger partial charge on any atom is -0.481 e. The summed E-state index contributed by atoms with van der Waals surface area (Å²) in [6, 6.07) is 10.2. The molecule has 5 heteroatoms. The van der Waals surface area contributed by atoms with Crippen LogP contribution in [0, 0.1) is 5.92 Å². The monoisotopic (exact) mass is 349 g/mol. The van der Waals surface area contributed by atoms with Crippen molar-refractivity contribution in [3.63, 3.8) is 0 Å². The molecule has 2 atom stereocenters. The predicted molar refractivity (Wildman–Crippen MR) is 99.5 cm³/mol. The lowest BCUT2D eigenvalue weighted by molar-refractivity contribution is -0.148. The Bertz CT molecular complexity index is 553. The zero-order valence-electron chi connectivity index (χ0n) is 15.6. The summed E-state index contributed by atoms with van der Waals surface area (Å²) in [5.74, 6) is -1.19. The van der Waals surface area contributed by atoms with E-state index < -0.39 is 20.2 Å². The van der Waals surface area contributed by atoms with Crippen molar-refractivity contribution in [3.8, 4) is 0 Å². The molecule has 1 heterocycles. The lowest BCUT2D eigenvalue weighted by atomic mass is 9.94. The number of aliphatic carboxylic acids is 1. The van der Waals surface area contributed by atoms with Crippen LogP contribution in [0.15, 0.2) is 30.3 Å². The molecule has 24 heavy (non-hydrogen) atoms. The first kappa shape index (κ1) is 19.2. The first-order chi connectivity index (χ1) is 11.1. The van der Waals surface area contributed by atoms with Gasteiger partial charge >= 0.3 is 5.97 Å². The molecule has 1 saturated heterocycles. The second-order valence-corrected chi connectivity index (χ2v) is 13.1. The smallest absolute Gasteiger partial charge is 0.310 e. The van der Waals surface area contributed by atoms with Crippen molar-refractivity contribution >= 4 is 14.3 Å². The minimum absolute atomic E-state index is 0.0945. The summed E-state index contributed by atoms with van der Waals surface area (Å²) in [4.78, 5) is 14.0. The van der Waals surface area contributed by atoms with Crippen molar-refractivity contribution in [2.75, 3.05) is 13.1 Å². The van der Waals surface area contributed by atoms with E-state index in [9.17, 15) is 9.90 Å². The summed E-state index contributed by atoms with van der Waals surface area (Å²) < 4.78 is 6.45. The van der Waals surface area contributed by atoms with Crippen LogP contribution in [0.5, 0.6) is 0 Å². The molecule has 0 unspecified atom stereocenters. The summed E-state index contributed by atoms with van der Waals surface area (Å²) in [6.45, 7) is 13.2. The third-order valence-electron chi connectivity index (χ3n) is 5.45. The number of carbonyl (C=O) groups is 1. The van der Waals surface area contributed by atoms with Gasteiger partial charge in [0.05, 0.1) is 12.0 Å². The number of hydrogen-bond donors (Lipinski definition) is 1. The lowest BCUT2D eigenvalue weighted by Gasteiger charge is -2.44. The van der Waals surface area contributed by atoms with Crippen LogP contribution < -0.4 is 0 Å². The Kier molecular flexibility index (Phi) is 5.89. The molecule has 0 saturated carbocycles. The van der Waals surface area contributed by atoms with Crippen LogP contribution in [0.3, 0.4) is 0 Å². The van der Waals surface area contributed by atoms with E-state index in [1.54, 1.807) is 0 Å². The molecule has 0 bridgehead atoms. The van der Waals surface area contributed by atoms with E-state index in [2.05, 4.69) is 50.9 Å². The number of hydrogen-bond acceptors (Lipinski definition) is 3. The van der Waals surface area contributed by atoms with Gasteiger partial charge in [0.2, 0.25) is 0 Å². The fraction of sp³-hybridized carbons (Fsp3) is 0.632. The first-order valence-electron chi connectivity index (χ1n) is 8.77. The summed E-state index contributed by atoms with van der Waals surface area (Å²) in [5.41, 5.74) is 1.23. The molecule has 1 fully saturated rings. The number of carboxylic acid groups (broad SMARTS) is 1. The second-order valence-electron chi connectivity index (χ2n) is 8.37. The molecular formula is C19H31NO3Si. The Labute approximate surface area is 147 Å². The van der Waals surface area contributed by atoms with Gasteiger partial charge in [0.25, 0.3) is 0 Å². The second kappa shape index (κ2) is 7.38. The molecule has 1 aromatic rings. The fourth-order valence-corrected chi connectivity index (χ4v) is 4.31. The van der Waals surface area contributed by atoms with Crippen LogP contribution in [0.1, 0.15) is 32.8 Å². The van der Waals surface area contributed by atoms with E-state index in [1.807, 2.05) is 18.2 Å². The van der Waals surface area contributed by atoms with Gasteiger partial charge in [-0.2, -0.15) is 0 Å². The summed E-state index contributed by atoms with van der Waals surface area (Å²) in [6.07, 6.45) is 0.617. The highest BCUT2D eigenvalue weighted by atomic mass is 28.4. The van der Waals surface area contributed by atoms with E-state index in [0.29, 0.717) is 6.54 Å². The van der Waals surface area contributed by atoms with E-state index in [1.165, 1.54) is 5.56 Å². The van der Waals surface area contributed by atoms with Gasteiger partial charge in [-0.1, -0.05) is 51.1 Å². The number of likely N-dealkylation sites (tertiary alicyclic amines) is 1. The van der Waals surface area contributed by atoms with Gasteiger partial charge < -0.3 is 9.53 Å². The average Bonchev–Trinajstić information content (AvgIpc) is 2.48. The maximum Gasteiger partial charge on any atom is 0.310 e. The highest BCUT2D eigenvalue weighted by molar-refractivity contribution is 6.74. The van der Waals surface area contributed by atoms with Gasteiger partial charge in [-0.15, -0.1) is 0 Å². The predicted octanol–water partition coefficient (Wildman–Crippen LogP) is 3.98. The molecule has 1 aliphatic heterocycles. The van der Waals surface area contributed by atoms with Gasteiger partial charge in [-0.05, 0) is 30.1 Å². The lowest BCUT2D eigenvalue weighted by Crippen LogP contribution is -2.53. The quantitative estimate of drug-likeness (QED) is 0.817. The van der Waals surface area contributed by atoms with Gasteiger partial charge in [0.15, 0.2) is 8.32 Å². The highest BCUT2D eigenvalue weighted by Gasteiger charge is 2.43. The Morgan fingerprint density at radius 2 is 1.92 bits per heavy atom. The average molecular weight is 350 g/mol. The maximum absolute atomic E-state index is 11.8. The van der Waals surface area contributed by atoms with Crippen molar-refractivity contribution in [2.45, 2.75) is 58.0 Å². The number of benzene rings is 1. The molecule has 0 amide bonds. The zero-order valence-corrected chi connectivity index (χ0v) is 16.6. The van der Waals surface area contributed by atoms with Crippen LogP contribution in [-0.4, -0.2) is 43.5 Å². The molecule has 0 aliphatic carbocycles. The van der Waals surface area contributed by atoms with Crippen molar-refractivity contribution in [2.24, 2.45) is 5.92 Å². The topological polar surface area (TPSA) is 49.8 Å². The van der Waals surface area contributed by atoms with Gasteiger partial charge in [-0.25, -0.2) is 0 Å². The molecular weight excluding hydrogens is 318 g/mol. The molecule has 1 N–H and O–H groups in total. The van der Waals surface area contributed by atoms with Crippen molar-refractivity contribution in [1.29, 1.82) is 0 Å². The molecule has 134 valence electrons. The maximum atomic E-state index is 11.8. The van der Waals surface area contributed by atoms with Crippen molar-refractivity contribution < 1.29 is 14.3 Å². The Morgan fingerprint density at radius 1 is 1.29 bits per heavy atom. The van der Waals surface area contributed by atoms with Crippen LogP contribution in [0.2, 0.25) is 18.1 Å². The van der Waals surface area contributed by atoms with Crippen molar-refractivity contribution in [3.05, 3.63) is 35.9 Å². The zero-order chi connectivity index (χ0) is 18.0. The molecule has 0 radical (unpaired) electrons. The van der Waals surface area contributed by atoms with Crippen molar-refractivity contribution in [1.82, 2.24) is 4.90 Å². The van der Waals surface area contributed by atoms with E-state index in [0.717, 1.165) is 19.5 Å². The van der Waals surface area contributed by atoms with Gasteiger partial charge in [0, 0.05) is 19.6 Å². The largest absolute Gasteiger partial charge is 0.481 e. The number of carboxylic acids is 1. The first-order valence-corrected chi connectivity index (χ1v) is 11.7. The molecule has 4 nitrogen and oxygen atoms in total. The van der Waals surface area contributed by atoms with E-state index in [-0.39, 0.29) is 11.1 Å². The molecule has 0 spiro atoms. The van der Waals surface area contributed by atoms with Gasteiger partial charge in [0.1, 0.15) is 0 Å². The van der Waals surface area contributed by atoms with Crippen LogP contribution >= 0.6 is 0 Å². The fourth-order valence-electron chi connectivity index (χ4n) is 2.92. The third-order valence-corrected chi connectivity index (χ3v) is 9.96. The number of rotatable bonds is 5. The molecule has 0 aromatic heterocycles. The third kappa shape index (κ3) is 4.68. The molecule has 2 rings (SSSR count). The normalized spacial score (nSPS) is 23.2. The number of piperidine rings is 1. The standard InChI is InChI=1S/C19H31NO3Si/c1-19(2,3)24(4,5)23-17-11-12-20(14-16(17)18(21)22)13-15-9-7-6-8-10-15/h6-10,16-17H,11-14H2,1-5H3,(H,21,22)/t16-,17-/m0/s1. The molecule has 1 aliphatic rings.